The number of hydrogen-bond donors (Lipinski definition) is 2. The first-order chi connectivity index (χ1) is 20.7. The van der Waals surface area contributed by atoms with Crippen molar-refractivity contribution < 1.29 is 18.9 Å². The molecule has 0 bridgehead atoms. The van der Waals surface area contributed by atoms with Crippen LogP contribution >= 0.6 is 0 Å². The van der Waals surface area contributed by atoms with Crippen LogP contribution in [0.3, 0.4) is 0 Å². The van der Waals surface area contributed by atoms with E-state index in [1.165, 1.54) is 11.1 Å². The van der Waals surface area contributed by atoms with Gasteiger partial charge in [-0.15, -0.1) is 0 Å². The second-order valence-corrected chi connectivity index (χ2v) is 10.1. The van der Waals surface area contributed by atoms with Crippen LogP contribution in [0.1, 0.15) is 42.2 Å². The summed E-state index contributed by atoms with van der Waals surface area (Å²) in [6.45, 7) is 7.95. The van der Waals surface area contributed by atoms with E-state index >= 15 is 0 Å². The summed E-state index contributed by atoms with van der Waals surface area (Å²) in [7, 11) is 1.97. The van der Waals surface area contributed by atoms with E-state index in [4.69, 9.17) is 18.9 Å². The predicted molar refractivity (Wildman–Crippen MR) is 170 cm³/mol. The van der Waals surface area contributed by atoms with Gasteiger partial charge in [-0.25, -0.2) is 0 Å². The van der Waals surface area contributed by atoms with Gasteiger partial charge in [0.05, 0.1) is 13.2 Å². The smallest absolute Gasteiger partial charge is 0.162 e. The molecular formula is C36H44N2O4. The maximum atomic E-state index is 6.33. The molecule has 1 aliphatic heterocycles. The molecule has 0 aromatic heterocycles. The third kappa shape index (κ3) is 9.35. The lowest BCUT2D eigenvalue weighted by Crippen LogP contribution is -2.43. The second-order valence-electron chi connectivity index (χ2n) is 10.1. The Hall–Kier alpha value is -3.84. The van der Waals surface area contributed by atoms with Crippen LogP contribution in [0.2, 0.25) is 0 Å². The van der Waals surface area contributed by atoms with Gasteiger partial charge in [0.25, 0.3) is 0 Å². The summed E-state index contributed by atoms with van der Waals surface area (Å²) >= 11 is 0. The third-order valence-corrected chi connectivity index (χ3v) is 7.02. The molecule has 1 aliphatic rings. The Labute approximate surface area is 251 Å². The van der Waals surface area contributed by atoms with Crippen molar-refractivity contribution in [2.75, 3.05) is 39.9 Å². The van der Waals surface area contributed by atoms with Gasteiger partial charge in [-0.1, -0.05) is 91.0 Å². The lowest BCUT2D eigenvalue weighted by Gasteiger charge is -2.32. The number of hydrogen-bond acceptors (Lipinski definition) is 6. The Bertz CT molecular complexity index is 1300. The lowest BCUT2D eigenvalue weighted by atomic mass is 10.0. The Kier molecular flexibility index (Phi) is 12.7. The maximum absolute atomic E-state index is 6.33. The topological polar surface area (TPSA) is 61.0 Å². The quantitative estimate of drug-likeness (QED) is 0.194. The summed E-state index contributed by atoms with van der Waals surface area (Å²) in [5.41, 5.74) is 3.50. The number of ether oxygens (including phenoxy) is 4. The fourth-order valence-electron chi connectivity index (χ4n) is 4.82. The van der Waals surface area contributed by atoms with Crippen LogP contribution in [0.4, 0.5) is 0 Å². The number of nitrogens with one attached hydrogen (secondary N) is 2. The van der Waals surface area contributed by atoms with Crippen LogP contribution < -0.4 is 24.8 Å². The first kappa shape index (κ1) is 31.1. The molecule has 42 heavy (non-hydrogen) atoms. The first-order valence-electron chi connectivity index (χ1n) is 14.9. The van der Waals surface area contributed by atoms with Crippen LogP contribution in [0.5, 0.6) is 17.2 Å². The van der Waals surface area contributed by atoms with E-state index in [0.29, 0.717) is 13.2 Å². The van der Waals surface area contributed by atoms with Crippen molar-refractivity contribution in [3.8, 4) is 17.2 Å². The van der Waals surface area contributed by atoms with Gasteiger partial charge < -0.3 is 29.6 Å². The SMILES string of the molecule is CCOc1ccccc1O[C@@H](c1ccccc1)[C@H]1CNCCO1.CNCC[C@@H](Oc1ccccc1C)c1ccccc1. The molecule has 6 heteroatoms. The molecule has 1 fully saturated rings. The molecule has 2 N–H and O–H groups in total. The van der Waals surface area contributed by atoms with Gasteiger partial charge in [0, 0.05) is 19.5 Å². The van der Waals surface area contributed by atoms with Crippen LogP contribution in [0.25, 0.3) is 0 Å². The van der Waals surface area contributed by atoms with Gasteiger partial charge >= 0.3 is 0 Å². The zero-order chi connectivity index (χ0) is 29.4. The van der Waals surface area contributed by atoms with Crippen molar-refractivity contribution in [1.29, 1.82) is 0 Å². The van der Waals surface area contributed by atoms with Crippen LogP contribution in [0.15, 0.2) is 109 Å². The summed E-state index contributed by atoms with van der Waals surface area (Å²) in [6.07, 6.45) is 0.843. The summed E-state index contributed by atoms with van der Waals surface area (Å²) in [6, 6.07) is 36.6. The van der Waals surface area contributed by atoms with E-state index in [1.54, 1.807) is 0 Å². The molecule has 6 nitrogen and oxygen atoms in total. The molecule has 0 spiro atoms. The van der Waals surface area contributed by atoms with Gasteiger partial charge in [0.1, 0.15) is 18.0 Å². The fraction of sp³-hybridized carbons (Fsp3) is 0.333. The minimum Gasteiger partial charge on any atom is -0.490 e. The summed E-state index contributed by atoms with van der Waals surface area (Å²) in [5, 5.41) is 6.56. The van der Waals surface area contributed by atoms with Crippen molar-refractivity contribution >= 4 is 0 Å². The van der Waals surface area contributed by atoms with E-state index < -0.39 is 0 Å². The van der Waals surface area contributed by atoms with Gasteiger partial charge in [-0.3, -0.25) is 0 Å². The maximum Gasteiger partial charge on any atom is 0.162 e. The average molecular weight is 569 g/mol. The molecule has 0 aliphatic carbocycles. The summed E-state index contributed by atoms with van der Waals surface area (Å²) in [4.78, 5) is 0. The molecule has 1 saturated heterocycles. The molecule has 5 rings (SSSR count). The van der Waals surface area contributed by atoms with Crippen LogP contribution in [0, 0.1) is 6.92 Å². The van der Waals surface area contributed by atoms with E-state index in [0.717, 1.165) is 48.9 Å². The van der Waals surface area contributed by atoms with Gasteiger partial charge in [0.15, 0.2) is 17.6 Å². The lowest BCUT2D eigenvalue weighted by molar-refractivity contribution is -0.0439. The van der Waals surface area contributed by atoms with Crippen molar-refractivity contribution in [3.05, 3.63) is 126 Å². The highest BCUT2D eigenvalue weighted by molar-refractivity contribution is 5.40. The minimum atomic E-state index is -0.175. The Balaban J connectivity index is 0.000000197. The largest absolute Gasteiger partial charge is 0.490 e. The molecular weight excluding hydrogens is 524 g/mol. The summed E-state index contributed by atoms with van der Waals surface area (Å²) in [5.74, 6) is 2.48. The minimum absolute atomic E-state index is 0.0270. The number of benzene rings is 4. The van der Waals surface area contributed by atoms with E-state index in [-0.39, 0.29) is 18.3 Å². The zero-order valence-corrected chi connectivity index (χ0v) is 25.0. The van der Waals surface area contributed by atoms with Crippen LogP contribution in [-0.4, -0.2) is 46.0 Å². The standard InChI is InChI=1S/C19H23NO3.C17H21NO/c1-2-21-16-10-6-7-11-17(16)23-19(15-8-4-3-5-9-15)18-14-20-12-13-22-18;1-14-8-6-7-11-16(14)19-17(12-13-18-2)15-9-4-3-5-10-15/h3-11,18-20H,2,12-14H2,1H3;3-11,17-18H,12-13H2,1-2H3/t18-,19+;17-/m11/s1. The number of rotatable bonds is 12. The monoisotopic (exact) mass is 568 g/mol. The molecule has 0 saturated carbocycles. The van der Waals surface area contributed by atoms with Crippen molar-refractivity contribution in [2.45, 2.75) is 38.6 Å². The Morgan fingerprint density at radius 2 is 1.40 bits per heavy atom. The van der Waals surface area contributed by atoms with Crippen molar-refractivity contribution in [1.82, 2.24) is 10.6 Å². The fourth-order valence-corrected chi connectivity index (χ4v) is 4.82. The normalized spacial score (nSPS) is 15.9. The molecule has 1 heterocycles. The number of para-hydroxylation sites is 3. The Morgan fingerprint density at radius 1 is 0.786 bits per heavy atom. The average Bonchev–Trinajstić information content (AvgIpc) is 3.05. The zero-order valence-electron chi connectivity index (χ0n) is 25.0. The molecule has 222 valence electrons. The molecule has 3 atom stereocenters. The highest BCUT2D eigenvalue weighted by Crippen LogP contribution is 2.33. The van der Waals surface area contributed by atoms with Crippen molar-refractivity contribution in [2.24, 2.45) is 0 Å². The Morgan fingerprint density at radius 3 is 2.02 bits per heavy atom. The van der Waals surface area contributed by atoms with Gasteiger partial charge in [0.2, 0.25) is 0 Å². The molecule has 4 aromatic rings. The van der Waals surface area contributed by atoms with Crippen LogP contribution in [-0.2, 0) is 4.74 Å². The molecule has 0 unspecified atom stereocenters. The second kappa shape index (κ2) is 17.2. The highest BCUT2D eigenvalue weighted by atomic mass is 16.6. The number of morpholine rings is 1. The molecule has 0 radical (unpaired) electrons. The summed E-state index contributed by atoms with van der Waals surface area (Å²) < 4.78 is 24.1. The van der Waals surface area contributed by atoms with E-state index in [2.05, 4.69) is 60.0 Å². The molecule has 0 amide bonds. The highest BCUT2D eigenvalue weighted by Gasteiger charge is 2.28. The van der Waals surface area contributed by atoms with Gasteiger partial charge in [-0.2, -0.15) is 0 Å². The van der Waals surface area contributed by atoms with Gasteiger partial charge in [-0.05, 0) is 62.3 Å². The first-order valence-corrected chi connectivity index (χ1v) is 14.9. The van der Waals surface area contributed by atoms with E-state index in [1.807, 2.05) is 80.7 Å². The molecule has 4 aromatic carbocycles. The predicted octanol–water partition coefficient (Wildman–Crippen LogP) is 6.92. The van der Waals surface area contributed by atoms with E-state index in [9.17, 15) is 0 Å². The number of aryl methyl sites for hydroxylation is 1. The third-order valence-electron chi connectivity index (χ3n) is 7.02. The van der Waals surface area contributed by atoms with Crippen molar-refractivity contribution in [3.63, 3.8) is 0 Å².